The number of aryl methyl sites for hydroxylation is 1. The molecular formula is C26H27N3O2. The summed E-state index contributed by atoms with van der Waals surface area (Å²) in [6, 6.07) is 21.9. The predicted molar refractivity (Wildman–Crippen MR) is 124 cm³/mol. The van der Waals surface area contributed by atoms with Crippen molar-refractivity contribution in [2.75, 3.05) is 7.11 Å². The first-order valence-corrected chi connectivity index (χ1v) is 10.6. The number of carbonyl (C=O) groups excluding carboxylic acids is 1. The number of nitrogens with zero attached hydrogens (tertiary/aromatic N) is 2. The van der Waals surface area contributed by atoms with E-state index in [1.54, 1.807) is 7.11 Å². The van der Waals surface area contributed by atoms with Gasteiger partial charge in [-0.3, -0.25) is 9.48 Å². The van der Waals surface area contributed by atoms with E-state index in [0.717, 1.165) is 34.2 Å². The second-order valence-corrected chi connectivity index (χ2v) is 7.72. The molecule has 3 aromatic carbocycles. The molecule has 31 heavy (non-hydrogen) atoms. The minimum absolute atomic E-state index is 0.0733. The number of hydrogen-bond donors (Lipinski definition) is 1. The highest BCUT2D eigenvalue weighted by atomic mass is 16.5. The topological polar surface area (TPSA) is 56.2 Å². The minimum Gasteiger partial charge on any atom is -0.497 e. The number of fused-ring (bicyclic) bond motifs is 1. The standard InChI is InChI=1S/C26H27N3O2/c1-4-19-8-10-21(11-9-19)18(2)28-26(30)22-12-13-23-16-27-29(25(23)15-22)17-20-6-5-7-24(14-20)31-3/h5-16,18H,4,17H2,1-3H3,(H,28,30). The number of ether oxygens (including phenoxy) is 1. The first-order chi connectivity index (χ1) is 15.1. The Balaban J connectivity index is 1.53. The van der Waals surface area contributed by atoms with Crippen LogP contribution in [0.4, 0.5) is 0 Å². The molecular weight excluding hydrogens is 386 g/mol. The Morgan fingerprint density at radius 1 is 1.06 bits per heavy atom. The van der Waals surface area contributed by atoms with Crippen molar-refractivity contribution in [2.45, 2.75) is 32.9 Å². The Hall–Kier alpha value is -3.60. The molecule has 1 unspecified atom stereocenters. The van der Waals surface area contributed by atoms with Gasteiger partial charge in [0, 0.05) is 10.9 Å². The van der Waals surface area contributed by atoms with Gasteiger partial charge in [0.15, 0.2) is 0 Å². The zero-order valence-electron chi connectivity index (χ0n) is 18.1. The molecule has 158 valence electrons. The zero-order valence-corrected chi connectivity index (χ0v) is 18.1. The van der Waals surface area contributed by atoms with Crippen LogP contribution in [0.25, 0.3) is 10.9 Å². The van der Waals surface area contributed by atoms with Gasteiger partial charge < -0.3 is 10.1 Å². The third-order valence-corrected chi connectivity index (χ3v) is 5.61. The summed E-state index contributed by atoms with van der Waals surface area (Å²) in [7, 11) is 1.66. The summed E-state index contributed by atoms with van der Waals surface area (Å²) in [5, 5.41) is 8.62. The van der Waals surface area contributed by atoms with E-state index in [1.807, 2.05) is 60.3 Å². The summed E-state index contributed by atoms with van der Waals surface area (Å²) < 4.78 is 7.23. The maximum Gasteiger partial charge on any atom is 0.251 e. The van der Waals surface area contributed by atoms with Crippen molar-refractivity contribution in [3.63, 3.8) is 0 Å². The van der Waals surface area contributed by atoms with Crippen molar-refractivity contribution >= 4 is 16.8 Å². The lowest BCUT2D eigenvalue weighted by atomic mass is 10.0. The fourth-order valence-corrected chi connectivity index (χ4v) is 3.69. The highest BCUT2D eigenvalue weighted by Crippen LogP contribution is 2.20. The predicted octanol–water partition coefficient (Wildman–Crippen LogP) is 5.15. The third-order valence-electron chi connectivity index (χ3n) is 5.61. The number of nitrogens with one attached hydrogen (secondary N) is 1. The number of rotatable bonds is 7. The van der Waals surface area contributed by atoms with Gasteiger partial charge >= 0.3 is 0 Å². The Morgan fingerprint density at radius 3 is 2.61 bits per heavy atom. The highest BCUT2D eigenvalue weighted by Gasteiger charge is 2.14. The molecule has 1 N–H and O–H groups in total. The van der Waals surface area contributed by atoms with Crippen LogP contribution in [0.1, 0.15) is 46.9 Å². The van der Waals surface area contributed by atoms with Gasteiger partial charge in [-0.1, -0.05) is 49.4 Å². The van der Waals surface area contributed by atoms with E-state index in [0.29, 0.717) is 12.1 Å². The molecule has 1 aromatic heterocycles. The molecule has 1 atom stereocenters. The van der Waals surface area contributed by atoms with Gasteiger partial charge in [0.25, 0.3) is 5.91 Å². The lowest BCUT2D eigenvalue weighted by Crippen LogP contribution is -2.26. The summed E-state index contributed by atoms with van der Waals surface area (Å²) >= 11 is 0. The monoisotopic (exact) mass is 413 g/mol. The average molecular weight is 414 g/mol. The molecule has 0 radical (unpaired) electrons. The van der Waals surface area contributed by atoms with E-state index in [2.05, 4.69) is 41.6 Å². The number of aromatic nitrogens is 2. The van der Waals surface area contributed by atoms with E-state index in [4.69, 9.17) is 4.74 Å². The van der Waals surface area contributed by atoms with Gasteiger partial charge in [-0.15, -0.1) is 0 Å². The smallest absolute Gasteiger partial charge is 0.251 e. The second kappa shape index (κ2) is 9.04. The van der Waals surface area contributed by atoms with Crippen LogP contribution in [0.3, 0.4) is 0 Å². The number of carbonyl (C=O) groups is 1. The fraction of sp³-hybridized carbons (Fsp3) is 0.231. The summed E-state index contributed by atoms with van der Waals surface area (Å²) in [5.74, 6) is 0.720. The normalized spacial score (nSPS) is 12.0. The maximum absolute atomic E-state index is 12.9. The molecule has 4 rings (SSSR count). The molecule has 1 amide bonds. The zero-order chi connectivity index (χ0) is 21.8. The lowest BCUT2D eigenvalue weighted by molar-refractivity contribution is 0.0940. The van der Waals surface area contributed by atoms with Gasteiger partial charge in [0.05, 0.1) is 31.4 Å². The van der Waals surface area contributed by atoms with Gasteiger partial charge in [-0.25, -0.2) is 0 Å². The molecule has 5 heteroatoms. The number of hydrogen-bond acceptors (Lipinski definition) is 3. The molecule has 0 saturated carbocycles. The molecule has 0 aliphatic rings. The van der Waals surface area contributed by atoms with Crippen molar-refractivity contribution in [1.82, 2.24) is 15.1 Å². The largest absolute Gasteiger partial charge is 0.497 e. The second-order valence-electron chi connectivity index (χ2n) is 7.72. The molecule has 1 heterocycles. The molecule has 0 saturated heterocycles. The minimum atomic E-state index is -0.0944. The van der Waals surface area contributed by atoms with Crippen molar-refractivity contribution in [3.05, 3.63) is 95.2 Å². The van der Waals surface area contributed by atoms with Crippen molar-refractivity contribution in [2.24, 2.45) is 0 Å². The highest BCUT2D eigenvalue weighted by molar-refractivity contribution is 5.98. The van der Waals surface area contributed by atoms with Gasteiger partial charge in [0.2, 0.25) is 0 Å². The SMILES string of the molecule is CCc1ccc(C(C)NC(=O)c2ccc3cnn(Cc4cccc(OC)c4)c3c2)cc1. The fourth-order valence-electron chi connectivity index (χ4n) is 3.69. The number of methoxy groups -OCH3 is 1. The van der Waals surface area contributed by atoms with Crippen LogP contribution in [0, 0.1) is 0 Å². The maximum atomic E-state index is 12.9. The first-order valence-electron chi connectivity index (χ1n) is 10.6. The van der Waals surface area contributed by atoms with Gasteiger partial charge in [-0.2, -0.15) is 5.10 Å². The van der Waals surface area contributed by atoms with E-state index in [9.17, 15) is 4.79 Å². The van der Waals surface area contributed by atoms with Crippen LogP contribution in [-0.4, -0.2) is 22.8 Å². The van der Waals surface area contributed by atoms with E-state index in [-0.39, 0.29) is 11.9 Å². The van der Waals surface area contributed by atoms with Crippen LogP contribution in [-0.2, 0) is 13.0 Å². The molecule has 0 aliphatic carbocycles. The van der Waals surface area contributed by atoms with Crippen LogP contribution in [0.2, 0.25) is 0 Å². The van der Waals surface area contributed by atoms with Crippen LogP contribution >= 0.6 is 0 Å². The van der Waals surface area contributed by atoms with Crippen molar-refractivity contribution in [3.8, 4) is 5.75 Å². The lowest BCUT2D eigenvalue weighted by Gasteiger charge is -2.15. The van der Waals surface area contributed by atoms with Crippen LogP contribution < -0.4 is 10.1 Å². The Kier molecular flexibility index (Phi) is 6.03. The number of amides is 1. The van der Waals surface area contributed by atoms with E-state index < -0.39 is 0 Å². The number of benzene rings is 3. The molecule has 5 nitrogen and oxygen atoms in total. The molecule has 4 aromatic rings. The van der Waals surface area contributed by atoms with Crippen molar-refractivity contribution in [1.29, 1.82) is 0 Å². The average Bonchev–Trinajstić information content (AvgIpc) is 3.21. The summed E-state index contributed by atoms with van der Waals surface area (Å²) in [5.41, 5.74) is 5.02. The summed E-state index contributed by atoms with van der Waals surface area (Å²) in [4.78, 5) is 12.9. The molecule has 0 spiro atoms. The van der Waals surface area contributed by atoms with Crippen LogP contribution in [0.5, 0.6) is 5.75 Å². The Morgan fingerprint density at radius 2 is 1.87 bits per heavy atom. The Labute approximate surface area is 182 Å². The van der Waals surface area contributed by atoms with Crippen molar-refractivity contribution < 1.29 is 9.53 Å². The summed E-state index contributed by atoms with van der Waals surface area (Å²) in [6.45, 7) is 4.74. The Bertz CT molecular complexity index is 1190. The third kappa shape index (κ3) is 4.61. The first kappa shape index (κ1) is 20.7. The molecule has 0 bridgehead atoms. The quantitative estimate of drug-likeness (QED) is 0.456. The van der Waals surface area contributed by atoms with Gasteiger partial charge in [0.1, 0.15) is 5.75 Å². The van der Waals surface area contributed by atoms with E-state index in [1.165, 1.54) is 5.56 Å². The van der Waals surface area contributed by atoms with E-state index >= 15 is 0 Å². The van der Waals surface area contributed by atoms with Gasteiger partial charge in [-0.05, 0) is 54.3 Å². The molecule has 0 fully saturated rings. The molecule has 0 aliphatic heterocycles. The summed E-state index contributed by atoms with van der Waals surface area (Å²) in [6.07, 6.45) is 2.83. The van der Waals surface area contributed by atoms with Crippen LogP contribution in [0.15, 0.2) is 72.9 Å².